The predicted octanol–water partition coefficient (Wildman–Crippen LogP) is 2.03. The fourth-order valence-corrected chi connectivity index (χ4v) is 1.23. The average Bonchev–Trinajstić information content (AvgIpc) is 2.15. The molecule has 0 atom stereocenters. The summed E-state index contributed by atoms with van der Waals surface area (Å²) in [6.07, 6.45) is -1.70. The van der Waals surface area contributed by atoms with Crippen LogP contribution in [-0.4, -0.2) is 23.2 Å². The molecule has 1 heterocycles. The van der Waals surface area contributed by atoms with Gasteiger partial charge in [-0.25, -0.2) is 18.6 Å². The summed E-state index contributed by atoms with van der Waals surface area (Å²) in [6.45, 7) is 1.42. The second-order valence-corrected chi connectivity index (χ2v) is 2.84. The van der Waals surface area contributed by atoms with Gasteiger partial charge in [-0.3, -0.25) is 0 Å². The maximum Gasteiger partial charge on any atom is 0.358 e. The Kier molecular flexibility index (Phi) is 3.18. The minimum atomic E-state index is -2.79. The summed E-state index contributed by atoms with van der Waals surface area (Å²) in [6, 6.07) is 0. The molecule has 0 aromatic carbocycles. The summed E-state index contributed by atoms with van der Waals surface area (Å²) in [7, 11) is 1.13. The Bertz CT molecular complexity index is 393. The molecule has 0 aliphatic rings. The van der Waals surface area contributed by atoms with Crippen molar-refractivity contribution in [2.24, 2.45) is 0 Å². The zero-order chi connectivity index (χ0) is 11.6. The van der Waals surface area contributed by atoms with E-state index < -0.39 is 23.7 Å². The highest BCUT2D eigenvalue weighted by molar-refractivity contribution is 5.89. The molecule has 82 valence electrons. The number of alkyl halides is 2. The van der Waals surface area contributed by atoms with E-state index in [0.29, 0.717) is 0 Å². The minimum Gasteiger partial charge on any atom is -0.494 e. The zero-order valence-electron chi connectivity index (χ0n) is 8.12. The number of aryl methyl sites for hydroxylation is 1. The number of halogens is 2. The molecule has 0 saturated heterocycles. The van der Waals surface area contributed by atoms with Gasteiger partial charge in [0.25, 0.3) is 6.43 Å². The van der Waals surface area contributed by atoms with Crippen LogP contribution in [0.3, 0.4) is 0 Å². The van der Waals surface area contributed by atoms with Crippen LogP contribution in [0, 0.1) is 6.92 Å². The lowest BCUT2D eigenvalue weighted by Gasteiger charge is -2.12. The third-order valence-corrected chi connectivity index (χ3v) is 1.90. The minimum absolute atomic E-state index is 0.201. The number of carbonyl (C=O) groups is 1. The fraction of sp³-hybridized carbons (Fsp3) is 0.333. The Morgan fingerprint density at radius 3 is 2.60 bits per heavy atom. The highest BCUT2D eigenvalue weighted by atomic mass is 19.3. The zero-order valence-corrected chi connectivity index (χ0v) is 8.12. The Hall–Kier alpha value is -1.72. The van der Waals surface area contributed by atoms with Crippen LogP contribution in [0.1, 0.15) is 28.0 Å². The fourth-order valence-electron chi connectivity index (χ4n) is 1.23. The van der Waals surface area contributed by atoms with Crippen molar-refractivity contribution in [3.8, 4) is 5.75 Å². The Balaban J connectivity index is 3.47. The highest BCUT2D eigenvalue weighted by Gasteiger charge is 2.24. The normalized spacial score (nSPS) is 10.5. The number of ether oxygens (including phenoxy) is 1. The van der Waals surface area contributed by atoms with Crippen LogP contribution in [0.4, 0.5) is 8.78 Å². The van der Waals surface area contributed by atoms with E-state index in [1.807, 2.05) is 0 Å². The number of hydrogen-bond donors (Lipinski definition) is 1. The molecule has 0 aliphatic carbocycles. The van der Waals surface area contributed by atoms with Gasteiger partial charge in [-0.15, -0.1) is 0 Å². The lowest BCUT2D eigenvalue weighted by Crippen LogP contribution is -2.08. The van der Waals surface area contributed by atoms with Gasteiger partial charge in [0, 0.05) is 6.20 Å². The van der Waals surface area contributed by atoms with E-state index in [1.165, 1.54) is 6.92 Å². The molecular weight excluding hydrogens is 208 g/mol. The maximum absolute atomic E-state index is 12.6. The molecule has 0 amide bonds. The predicted molar refractivity (Wildman–Crippen MR) is 47.4 cm³/mol. The number of methoxy groups -OCH3 is 1. The third kappa shape index (κ3) is 2.03. The first kappa shape index (κ1) is 11.4. The molecule has 0 spiro atoms. The lowest BCUT2D eigenvalue weighted by atomic mass is 10.1. The Morgan fingerprint density at radius 2 is 2.20 bits per heavy atom. The van der Waals surface area contributed by atoms with Crippen molar-refractivity contribution in [1.29, 1.82) is 0 Å². The molecule has 0 radical (unpaired) electrons. The lowest BCUT2D eigenvalue weighted by molar-refractivity contribution is 0.0685. The summed E-state index contributed by atoms with van der Waals surface area (Å²) < 4.78 is 29.9. The monoisotopic (exact) mass is 217 g/mol. The topological polar surface area (TPSA) is 59.4 Å². The number of aromatic carboxylic acids is 1. The molecule has 1 aromatic heterocycles. The summed E-state index contributed by atoms with van der Waals surface area (Å²) in [5.41, 5.74) is -0.727. The summed E-state index contributed by atoms with van der Waals surface area (Å²) in [5.74, 6) is -1.77. The van der Waals surface area contributed by atoms with Crippen LogP contribution < -0.4 is 4.74 Å². The first-order chi connectivity index (χ1) is 6.99. The van der Waals surface area contributed by atoms with E-state index in [2.05, 4.69) is 9.72 Å². The van der Waals surface area contributed by atoms with Crippen molar-refractivity contribution in [3.63, 3.8) is 0 Å². The number of carboxylic acid groups (broad SMARTS) is 1. The smallest absolute Gasteiger partial charge is 0.358 e. The van der Waals surface area contributed by atoms with Crippen LogP contribution in [0.15, 0.2) is 6.20 Å². The molecule has 0 saturated carbocycles. The molecular formula is C9H9F2NO3. The van der Waals surface area contributed by atoms with Gasteiger partial charge in [-0.05, 0) is 12.5 Å². The summed E-state index contributed by atoms with van der Waals surface area (Å²) in [4.78, 5) is 14.2. The quantitative estimate of drug-likeness (QED) is 0.841. The van der Waals surface area contributed by atoms with E-state index in [0.717, 1.165) is 13.3 Å². The third-order valence-electron chi connectivity index (χ3n) is 1.90. The molecule has 0 aliphatic heterocycles. The number of carboxylic acids is 1. The SMILES string of the molecule is COc1c(C(=O)O)ncc(C)c1C(F)F. The van der Waals surface area contributed by atoms with Crippen molar-refractivity contribution in [1.82, 2.24) is 4.98 Å². The van der Waals surface area contributed by atoms with E-state index in [4.69, 9.17) is 5.11 Å². The van der Waals surface area contributed by atoms with Crippen molar-refractivity contribution in [3.05, 3.63) is 23.0 Å². The van der Waals surface area contributed by atoms with Gasteiger partial charge >= 0.3 is 5.97 Å². The Morgan fingerprint density at radius 1 is 1.60 bits per heavy atom. The largest absolute Gasteiger partial charge is 0.494 e. The summed E-state index contributed by atoms with van der Waals surface area (Å²) >= 11 is 0. The van der Waals surface area contributed by atoms with Gasteiger partial charge in [-0.1, -0.05) is 0 Å². The molecule has 0 bridgehead atoms. The standard InChI is InChI=1S/C9H9F2NO3/c1-4-3-12-6(9(13)14)7(15-2)5(4)8(10)11/h3,8H,1-2H3,(H,13,14). The molecule has 6 heteroatoms. The van der Waals surface area contributed by atoms with E-state index in [1.54, 1.807) is 0 Å². The molecule has 15 heavy (non-hydrogen) atoms. The number of hydrogen-bond acceptors (Lipinski definition) is 3. The molecule has 1 rings (SSSR count). The molecule has 0 fully saturated rings. The van der Waals surface area contributed by atoms with Gasteiger partial charge in [0.2, 0.25) is 0 Å². The maximum atomic E-state index is 12.6. The van der Waals surface area contributed by atoms with Crippen LogP contribution in [0.2, 0.25) is 0 Å². The highest BCUT2D eigenvalue weighted by Crippen LogP contribution is 2.33. The Labute approximate surface area is 84.5 Å². The van der Waals surface area contributed by atoms with Gasteiger partial charge < -0.3 is 9.84 Å². The molecule has 0 unspecified atom stereocenters. The van der Waals surface area contributed by atoms with Crippen LogP contribution in [0.25, 0.3) is 0 Å². The number of nitrogens with zero attached hydrogens (tertiary/aromatic N) is 1. The second kappa shape index (κ2) is 4.20. The van der Waals surface area contributed by atoms with Crippen molar-refractivity contribution in [2.45, 2.75) is 13.3 Å². The number of pyridine rings is 1. The number of aromatic nitrogens is 1. The van der Waals surface area contributed by atoms with Crippen molar-refractivity contribution in [2.75, 3.05) is 7.11 Å². The second-order valence-electron chi connectivity index (χ2n) is 2.84. The molecule has 1 N–H and O–H groups in total. The summed E-state index contributed by atoms with van der Waals surface area (Å²) in [5, 5.41) is 8.71. The van der Waals surface area contributed by atoms with Gasteiger partial charge in [0.1, 0.15) is 0 Å². The van der Waals surface area contributed by atoms with Gasteiger partial charge in [0.05, 0.1) is 12.7 Å². The first-order valence-corrected chi connectivity index (χ1v) is 4.04. The van der Waals surface area contributed by atoms with Gasteiger partial charge in [-0.2, -0.15) is 0 Å². The van der Waals surface area contributed by atoms with E-state index in [-0.39, 0.29) is 11.3 Å². The van der Waals surface area contributed by atoms with Gasteiger partial charge in [0.15, 0.2) is 11.4 Å². The van der Waals surface area contributed by atoms with Crippen molar-refractivity contribution >= 4 is 5.97 Å². The van der Waals surface area contributed by atoms with Crippen LogP contribution in [-0.2, 0) is 0 Å². The van der Waals surface area contributed by atoms with Crippen molar-refractivity contribution < 1.29 is 23.4 Å². The van der Waals surface area contributed by atoms with E-state index in [9.17, 15) is 13.6 Å². The number of rotatable bonds is 3. The molecule has 1 aromatic rings. The van der Waals surface area contributed by atoms with Crippen LogP contribution >= 0.6 is 0 Å². The van der Waals surface area contributed by atoms with E-state index >= 15 is 0 Å². The molecule has 4 nitrogen and oxygen atoms in total. The first-order valence-electron chi connectivity index (χ1n) is 4.04. The average molecular weight is 217 g/mol. The van der Waals surface area contributed by atoms with Crippen LogP contribution in [0.5, 0.6) is 5.75 Å².